The highest BCUT2D eigenvalue weighted by Gasteiger charge is 2.31. The number of urea groups is 1. The zero-order valence-electron chi connectivity index (χ0n) is 18.2. The highest BCUT2D eigenvalue weighted by molar-refractivity contribution is 7.89. The number of nitrogens with one attached hydrogen (secondary N) is 1. The summed E-state index contributed by atoms with van der Waals surface area (Å²) < 4.78 is 32.7. The third-order valence-electron chi connectivity index (χ3n) is 5.54. The molecule has 8 nitrogen and oxygen atoms in total. The zero-order valence-corrected chi connectivity index (χ0v) is 19.0. The first-order chi connectivity index (χ1) is 14.1. The van der Waals surface area contributed by atoms with E-state index >= 15 is 0 Å². The highest BCUT2D eigenvalue weighted by Crippen LogP contribution is 2.22. The molecule has 1 atom stereocenters. The van der Waals surface area contributed by atoms with Crippen LogP contribution in [0.3, 0.4) is 0 Å². The van der Waals surface area contributed by atoms with E-state index in [-0.39, 0.29) is 25.2 Å². The number of hydrogen-bond donors (Lipinski definition) is 1. The van der Waals surface area contributed by atoms with Gasteiger partial charge in [-0.15, -0.1) is 0 Å². The molecule has 2 aromatic rings. The minimum atomic E-state index is -3.57. The monoisotopic (exact) mass is 434 g/mol. The Hall–Kier alpha value is -2.39. The average molecular weight is 435 g/mol. The molecule has 9 heteroatoms. The molecule has 2 amide bonds. The van der Waals surface area contributed by atoms with E-state index in [1.807, 2.05) is 46.8 Å². The summed E-state index contributed by atoms with van der Waals surface area (Å²) in [7, 11) is -3.57. The second-order valence-electron chi connectivity index (χ2n) is 8.02. The second kappa shape index (κ2) is 8.77. The Bertz CT molecular complexity index is 1000. The minimum absolute atomic E-state index is 0.0914. The van der Waals surface area contributed by atoms with Gasteiger partial charge in [0.25, 0.3) is 0 Å². The molecule has 30 heavy (non-hydrogen) atoms. The number of benzene rings is 1. The summed E-state index contributed by atoms with van der Waals surface area (Å²) in [6.07, 6.45) is 0.633. The number of rotatable bonds is 5. The maximum Gasteiger partial charge on any atom is 0.317 e. The van der Waals surface area contributed by atoms with Gasteiger partial charge < -0.3 is 14.7 Å². The van der Waals surface area contributed by atoms with Crippen molar-refractivity contribution in [3.8, 4) is 0 Å². The van der Waals surface area contributed by atoms with Gasteiger partial charge in [-0.25, -0.2) is 13.2 Å². The van der Waals surface area contributed by atoms with Gasteiger partial charge in [-0.3, -0.25) is 0 Å². The fraction of sp³-hybridized carbons (Fsp3) is 0.524. The lowest BCUT2D eigenvalue weighted by Gasteiger charge is -2.34. The average Bonchev–Trinajstić information content (AvgIpc) is 2.99. The number of amides is 2. The van der Waals surface area contributed by atoms with Crippen LogP contribution in [0.25, 0.3) is 0 Å². The molecule has 1 fully saturated rings. The summed E-state index contributed by atoms with van der Waals surface area (Å²) in [5.41, 5.74) is 3.60. The zero-order chi connectivity index (χ0) is 22.1. The van der Waals surface area contributed by atoms with Crippen LogP contribution in [0.4, 0.5) is 4.79 Å². The van der Waals surface area contributed by atoms with Gasteiger partial charge in [-0.05, 0) is 52.7 Å². The topological polar surface area (TPSA) is 95.8 Å². The Morgan fingerprint density at radius 3 is 2.40 bits per heavy atom. The van der Waals surface area contributed by atoms with E-state index in [0.29, 0.717) is 24.4 Å². The number of aromatic nitrogens is 1. The van der Waals surface area contributed by atoms with Crippen molar-refractivity contribution in [2.75, 3.05) is 26.2 Å². The van der Waals surface area contributed by atoms with Crippen LogP contribution < -0.4 is 5.32 Å². The van der Waals surface area contributed by atoms with Crippen LogP contribution >= 0.6 is 0 Å². The SMILES string of the molecule is Cc1ccc(S(=O)(=O)N2CCN(C(=O)NC(C)Cc3c(C)noc3C)CC2)c(C)c1. The van der Waals surface area contributed by atoms with Gasteiger partial charge in [-0.2, -0.15) is 4.31 Å². The summed E-state index contributed by atoms with van der Waals surface area (Å²) in [6.45, 7) is 10.7. The molecule has 1 aromatic heterocycles. The summed E-state index contributed by atoms with van der Waals surface area (Å²) in [5, 5.41) is 6.94. The van der Waals surface area contributed by atoms with Crippen molar-refractivity contribution in [3.05, 3.63) is 46.3 Å². The van der Waals surface area contributed by atoms with Crippen molar-refractivity contribution in [1.29, 1.82) is 0 Å². The first-order valence-corrected chi connectivity index (χ1v) is 11.6. The van der Waals surface area contributed by atoms with Gasteiger partial charge in [0.15, 0.2) is 0 Å². The number of nitrogens with zero attached hydrogens (tertiary/aromatic N) is 3. The van der Waals surface area contributed by atoms with Crippen LogP contribution in [0.1, 0.15) is 35.1 Å². The van der Waals surface area contributed by atoms with Crippen molar-refractivity contribution in [3.63, 3.8) is 0 Å². The van der Waals surface area contributed by atoms with Crippen LogP contribution in [0.2, 0.25) is 0 Å². The number of piperazine rings is 1. The summed E-state index contributed by atoms with van der Waals surface area (Å²) >= 11 is 0. The first kappa shape index (κ1) is 22.3. The molecule has 2 heterocycles. The van der Waals surface area contributed by atoms with Crippen LogP contribution in [0.5, 0.6) is 0 Å². The maximum atomic E-state index is 13.0. The van der Waals surface area contributed by atoms with Gasteiger partial charge in [0.05, 0.1) is 10.6 Å². The Labute approximate surface area is 178 Å². The van der Waals surface area contributed by atoms with Crippen molar-refractivity contribution < 1.29 is 17.7 Å². The molecule has 3 rings (SSSR count). The Balaban J connectivity index is 1.57. The molecule has 0 aliphatic carbocycles. The number of sulfonamides is 1. The van der Waals surface area contributed by atoms with Gasteiger partial charge in [0.1, 0.15) is 5.76 Å². The van der Waals surface area contributed by atoms with Crippen LogP contribution in [0.15, 0.2) is 27.6 Å². The maximum absolute atomic E-state index is 13.0. The first-order valence-electron chi connectivity index (χ1n) is 10.1. The second-order valence-corrected chi connectivity index (χ2v) is 9.92. The molecule has 1 aromatic carbocycles. The van der Waals surface area contributed by atoms with Gasteiger partial charge in [0, 0.05) is 37.8 Å². The number of carbonyl (C=O) groups is 1. The lowest BCUT2D eigenvalue weighted by Crippen LogP contribution is -2.54. The molecule has 0 bridgehead atoms. The minimum Gasteiger partial charge on any atom is -0.361 e. The van der Waals surface area contributed by atoms with E-state index in [2.05, 4.69) is 10.5 Å². The molecule has 1 unspecified atom stereocenters. The predicted molar refractivity (Wildman–Crippen MR) is 114 cm³/mol. The van der Waals surface area contributed by atoms with Gasteiger partial charge in [-0.1, -0.05) is 22.9 Å². The predicted octanol–water partition coefficient (Wildman–Crippen LogP) is 2.56. The summed E-state index contributed by atoms with van der Waals surface area (Å²) in [4.78, 5) is 14.6. The van der Waals surface area contributed by atoms with Crippen molar-refractivity contribution in [2.24, 2.45) is 0 Å². The van der Waals surface area contributed by atoms with Crippen LogP contribution in [0, 0.1) is 27.7 Å². The fourth-order valence-electron chi connectivity index (χ4n) is 3.81. The number of hydrogen-bond acceptors (Lipinski definition) is 5. The van der Waals surface area contributed by atoms with E-state index in [1.165, 1.54) is 4.31 Å². The van der Waals surface area contributed by atoms with E-state index in [9.17, 15) is 13.2 Å². The molecule has 164 valence electrons. The van der Waals surface area contributed by atoms with E-state index in [0.717, 1.165) is 28.1 Å². The van der Waals surface area contributed by atoms with Gasteiger partial charge >= 0.3 is 6.03 Å². The molecule has 1 aliphatic rings. The van der Waals surface area contributed by atoms with E-state index in [4.69, 9.17) is 4.52 Å². The Morgan fingerprint density at radius 1 is 1.17 bits per heavy atom. The van der Waals surface area contributed by atoms with E-state index < -0.39 is 10.0 Å². The molecular weight excluding hydrogens is 404 g/mol. The van der Waals surface area contributed by atoms with Crippen LogP contribution in [-0.4, -0.2) is 61.0 Å². The molecule has 1 N–H and O–H groups in total. The third-order valence-corrected chi connectivity index (χ3v) is 7.59. The standard InChI is InChI=1S/C21H30N4O4S/c1-14-6-7-20(15(2)12-14)30(27,28)25-10-8-24(9-11-25)21(26)22-16(3)13-19-17(4)23-29-18(19)5/h6-7,12,16H,8-11,13H2,1-5H3,(H,22,26). The summed E-state index contributed by atoms with van der Waals surface area (Å²) in [6, 6.07) is 5.07. The lowest BCUT2D eigenvalue weighted by atomic mass is 10.1. The molecule has 0 saturated carbocycles. The quantitative estimate of drug-likeness (QED) is 0.780. The smallest absolute Gasteiger partial charge is 0.317 e. The number of carbonyl (C=O) groups excluding carboxylic acids is 1. The van der Waals surface area contributed by atoms with Crippen molar-refractivity contribution in [2.45, 2.75) is 52.0 Å². The highest BCUT2D eigenvalue weighted by atomic mass is 32.2. The lowest BCUT2D eigenvalue weighted by molar-refractivity contribution is 0.169. The largest absolute Gasteiger partial charge is 0.361 e. The molecule has 0 spiro atoms. The fourth-order valence-corrected chi connectivity index (χ4v) is 5.44. The number of aryl methyl sites for hydroxylation is 4. The summed E-state index contributed by atoms with van der Waals surface area (Å²) in [5.74, 6) is 0.763. The van der Waals surface area contributed by atoms with Crippen molar-refractivity contribution >= 4 is 16.1 Å². The molecule has 1 saturated heterocycles. The molecule has 1 aliphatic heterocycles. The Kier molecular flexibility index (Phi) is 6.52. The Morgan fingerprint density at radius 2 is 1.83 bits per heavy atom. The normalized spacial score (nSPS) is 16.5. The van der Waals surface area contributed by atoms with E-state index in [1.54, 1.807) is 11.0 Å². The molecule has 0 radical (unpaired) electrons. The van der Waals surface area contributed by atoms with Crippen molar-refractivity contribution in [1.82, 2.24) is 19.7 Å². The third kappa shape index (κ3) is 4.67. The van der Waals surface area contributed by atoms with Crippen LogP contribution in [-0.2, 0) is 16.4 Å². The molecular formula is C21H30N4O4S. The van der Waals surface area contributed by atoms with Gasteiger partial charge in [0.2, 0.25) is 10.0 Å².